The molecule has 6 heteroatoms. The molecule has 0 aliphatic carbocycles. The third-order valence-corrected chi connectivity index (χ3v) is 4.68. The summed E-state index contributed by atoms with van der Waals surface area (Å²) in [6.45, 7) is 11.2. The second kappa shape index (κ2) is 9.73. The molecule has 0 aromatic heterocycles. The van der Waals surface area contributed by atoms with Crippen molar-refractivity contribution in [3.05, 3.63) is 35.6 Å². The van der Waals surface area contributed by atoms with Crippen LogP contribution in [-0.4, -0.2) is 61.3 Å². The average molecular weight is 351 g/mol. The van der Waals surface area contributed by atoms with E-state index in [2.05, 4.69) is 24.1 Å². The van der Waals surface area contributed by atoms with Gasteiger partial charge in [-0.1, -0.05) is 26.0 Å². The maximum Gasteiger partial charge on any atom is 0.317 e. The van der Waals surface area contributed by atoms with E-state index in [9.17, 15) is 9.18 Å². The molecular weight excluding hydrogens is 321 g/mol. The third kappa shape index (κ3) is 5.97. The van der Waals surface area contributed by atoms with Gasteiger partial charge in [-0.15, -0.1) is 0 Å². The molecule has 1 aromatic rings. The van der Waals surface area contributed by atoms with Gasteiger partial charge in [0, 0.05) is 38.8 Å². The molecule has 5 nitrogen and oxygen atoms in total. The Morgan fingerprint density at radius 1 is 1.36 bits per heavy atom. The maximum atomic E-state index is 13.3. The summed E-state index contributed by atoms with van der Waals surface area (Å²) in [5.74, 6) is 0.165. The summed E-state index contributed by atoms with van der Waals surface area (Å²) in [6.07, 6.45) is 0. The Bertz CT molecular complexity index is 547. The van der Waals surface area contributed by atoms with Crippen LogP contribution in [0.5, 0.6) is 0 Å². The third-order valence-electron chi connectivity index (χ3n) is 4.68. The molecule has 1 fully saturated rings. The predicted molar refractivity (Wildman–Crippen MR) is 96.9 cm³/mol. The summed E-state index contributed by atoms with van der Waals surface area (Å²) in [4.78, 5) is 16.6. The highest BCUT2D eigenvalue weighted by Gasteiger charge is 2.25. The Balaban J connectivity index is 1.91. The number of carbonyl (C=O) groups excluding carboxylic acids is 1. The fraction of sp³-hybridized carbons (Fsp3) is 0.632. The smallest absolute Gasteiger partial charge is 0.317 e. The molecule has 2 rings (SSSR count). The highest BCUT2D eigenvalue weighted by molar-refractivity contribution is 5.74. The summed E-state index contributed by atoms with van der Waals surface area (Å²) in [7, 11) is 0. The summed E-state index contributed by atoms with van der Waals surface area (Å²) in [6, 6.07) is 6.58. The molecule has 0 spiro atoms. The number of hydrogen-bond acceptors (Lipinski definition) is 3. The van der Waals surface area contributed by atoms with Crippen molar-refractivity contribution in [2.45, 2.75) is 33.4 Å². The van der Waals surface area contributed by atoms with Crippen LogP contribution in [0.25, 0.3) is 0 Å². The molecule has 1 atom stereocenters. The SMILES string of the molecule is CCN(Cc1cccc(F)c1)C(=O)NCC(C(C)C)N1CCOCC1. The van der Waals surface area contributed by atoms with Crippen molar-refractivity contribution in [1.82, 2.24) is 15.1 Å². The summed E-state index contributed by atoms with van der Waals surface area (Å²) in [5.41, 5.74) is 0.797. The number of benzene rings is 1. The maximum absolute atomic E-state index is 13.3. The Labute approximate surface area is 150 Å². The predicted octanol–water partition coefficient (Wildman–Crippen LogP) is 2.71. The number of halogens is 1. The number of rotatable bonds is 7. The molecule has 1 N–H and O–H groups in total. The highest BCUT2D eigenvalue weighted by Crippen LogP contribution is 2.13. The summed E-state index contributed by atoms with van der Waals surface area (Å²) in [5, 5.41) is 3.06. The van der Waals surface area contributed by atoms with E-state index in [1.54, 1.807) is 11.0 Å². The largest absolute Gasteiger partial charge is 0.379 e. The van der Waals surface area contributed by atoms with E-state index in [1.807, 2.05) is 13.0 Å². The number of urea groups is 1. The van der Waals surface area contributed by atoms with Gasteiger partial charge in [-0.3, -0.25) is 4.90 Å². The van der Waals surface area contributed by atoms with Crippen molar-refractivity contribution >= 4 is 6.03 Å². The Morgan fingerprint density at radius 2 is 2.08 bits per heavy atom. The van der Waals surface area contributed by atoms with E-state index >= 15 is 0 Å². The monoisotopic (exact) mass is 351 g/mol. The molecule has 140 valence electrons. The van der Waals surface area contributed by atoms with Crippen LogP contribution >= 0.6 is 0 Å². The van der Waals surface area contributed by atoms with E-state index in [0.717, 1.165) is 31.9 Å². The van der Waals surface area contributed by atoms with Crippen LogP contribution in [0.3, 0.4) is 0 Å². The van der Waals surface area contributed by atoms with Crippen molar-refractivity contribution in [1.29, 1.82) is 0 Å². The molecule has 1 saturated heterocycles. The highest BCUT2D eigenvalue weighted by atomic mass is 19.1. The molecule has 1 heterocycles. The molecule has 1 unspecified atom stereocenters. The lowest BCUT2D eigenvalue weighted by atomic mass is 10.0. The zero-order valence-corrected chi connectivity index (χ0v) is 15.5. The minimum atomic E-state index is -0.277. The lowest BCUT2D eigenvalue weighted by Crippen LogP contribution is -2.52. The van der Waals surface area contributed by atoms with Gasteiger partial charge >= 0.3 is 6.03 Å². The minimum absolute atomic E-state index is 0.106. The minimum Gasteiger partial charge on any atom is -0.379 e. The molecule has 0 saturated carbocycles. The van der Waals surface area contributed by atoms with Gasteiger partial charge in [0.2, 0.25) is 0 Å². The quantitative estimate of drug-likeness (QED) is 0.821. The second-order valence-corrected chi connectivity index (χ2v) is 6.79. The van der Waals surface area contributed by atoms with Gasteiger partial charge in [0.05, 0.1) is 13.2 Å². The molecular formula is C19H30FN3O2. The van der Waals surface area contributed by atoms with Crippen molar-refractivity contribution in [2.24, 2.45) is 5.92 Å². The lowest BCUT2D eigenvalue weighted by molar-refractivity contribution is 0.00693. The van der Waals surface area contributed by atoms with E-state index in [4.69, 9.17) is 4.74 Å². The van der Waals surface area contributed by atoms with Crippen LogP contribution in [-0.2, 0) is 11.3 Å². The van der Waals surface area contributed by atoms with E-state index in [-0.39, 0.29) is 11.8 Å². The first kappa shape index (κ1) is 19.7. The molecule has 2 amide bonds. The number of carbonyl (C=O) groups is 1. The van der Waals surface area contributed by atoms with Gasteiger partial charge in [0.25, 0.3) is 0 Å². The zero-order valence-electron chi connectivity index (χ0n) is 15.5. The van der Waals surface area contributed by atoms with Crippen LogP contribution in [0.2, 0.25) is 0 Å². The second-order valence-electron chi connectivity index (χ2n) is 6.79. The molecule has 25 heavy (non-hydrogen) atoms. The molecule has 1 aliphatic heterocycles. The van der Waals surface area contributed by atoms with Crippen LogP contribution in [0.15, 0.2) is 24.3 Å². The van der Waals surface area contributed by atoms with Crippen LogP contribution < -0.4 is 5.32 Å². The molecule has 1 aliphatic rings. The normalized spacial score (nSPS) is 16.7. The van der Waals surface area contributed by atoms with Crippen molar-refractivity contribution in [3.8, 4) is 0 Å². The van der Waals surface area contributed by atoms with Crippen LogP contribution in [0, 0.1) is 11.7 Å². The van der Waals surface area contributed by atoms with Gasteiger partial charge < -0.3 is 15.0 Å². The van der Waals surface area contributed by atoms with Crippen molar-refractivity contribution in [3.63, 3.8) is 0 Å². The Kier molecular flexibility index (Phi) is 7.65. The van der Waals surface area contributed by atoms with Crippen LogP contribution in [0.4, 0.5) is 9.18 Å². The van der Waals surface area contributed by atoms with E-state index in [0.29, 0.717) is 31.6 Å². The van der Waals surface area contributed by atoms with Crippen LogP contribution in [0.1, 0.15) is 26.3 Å². The van der Waals surface area contributed by atoms with Gasteiger partial charge in [0.15, 0.2) is 0 Å². The zero-order chi connectivity index (χ0) is 18.2. The Morgan fingerprint density at radius 3 is 2.68 bits per heavy atom. The van der Waals surface area contributed by atoms with Gasteiger partial charge in [0.1, 0.15) is 5.82 Å². The average Bonchev–Trinajstić information content (AvgIpc) is 2.60. The van der Waals surface area contributed by atoms with Crippen molar-refractivity contribution < 1.29 is 13.9 Å². The summed E-state index contributed by atoms with van der Waals surface area (Å²) >= 11 is 0. The first-order chi connectivity index (χ1) is 12.0. The Hall–Kier alpha value is -1.66. The summed E-state index contributed by atoms with van der Waals surface area (Å²) < 4.78 is 18.8. The molecule has 0 radical (unpaired) electrons. The van der Waals surface area contributed by atoms with E-state index < -0.39 is 0 Å². The fourth-order valence-corrected chi connectivity index (χ4v) is 3.18. The molecule has 0 bridgehead atoms. The number of hydrogen-bond donors (Lipinski definition) is 1. The standard InChI is InChI=1S/C19H30FN3O2/c1-4-22(14-16-6-5-7-17(20)12-16)19(24)21-13-18(15(2)3)23-8-10-25-11-9-23/h5-7,12,15,18H,4,8-11,13-14H2,1-3H3,(H,21,24). The van der Waals surface area contributed by atoms with Gasteiger partial charge in [-0.25, -0.2) is 9.18 Å². The number of ether oxygens (including phenoxy) is 1. The fourth-order valence-electron chi connectivity index (χ4n) is 3.18. The lowest BCUT2D eigenvalue weighted by Gasteiger charge is -2.37. The van der Waals surface area contributed by atoms with Gasteiger partial charge in [-0.05, 0) is 30.5 Å². The van der Waals surface area contributed by atoms with E-state index in [1.165, 1.54) is 12.1 Å². The number of amides is 2. The first-order valence-electron chi connectivity index (χ1n) is 9.10. The van der Waals surface area contributed by atoms with Crippen molar-refractivity contribution in [2.75, 3.05) is 39.4 Å². The first-order valence-corrected chi connectivity index (χ1v) is 9.10. The molecule has 1 aromatic carbocycles. The number of nitrogens with zero attached hydrogens (tertiary/aromatic N) is 2. The topological polar surface area (TPSA) is 44.8 Å². The number of nitrogens with one attached hydrogen (secondary N) is 1. The van der Waals surface area contributed by atoms with Gasteiger partial charge in [-0.2, -0.15) is 0 Å². The number of morpholine rings is 1.